The van der Waals surface area contributed by atoms with Gasteiger partial charge in [-0.1, -0.05) is 18.2 Å². The number of ether oxygens (including phenoxy) is 1. The molecule has 0 bridgehead atoms. The predicted molar refractivity (Wildman–Crippen MR) is 94.2 cm³/mol. The second-order valence-electron chi connectivity index (χ2n) is 5.71. The van der Waals surface area contributed by atoms with Crippen LogP contribution in [0.15, 0.2) is 48.5 Å². The molecule has 26 heavy (non-hydrogen) atoms. The van der Waals surface area contributed by atoms with Gasteiger partial charge < -0.3 is 15.0 Å². The topological polar surface area (TPSA) is 102 Å². The molecule has 1 saturated heterocycles. The Morgan fingerprint density at radius 2 is 1.81 bits per heavy atom. The Morgan fingerprint density at radius 1 is 1.08 bits per heavy atom. The van der Waals surface area contributed by atoms with Gasteiger partial charge in [-0.15, -0.1) is 0 Å². The third-order valence-corrected chi connectivity index (χ3v) is 4.01. The maximum Gasteiger partial charge on any atom is 0.282 e. The third kappa shape index (κ3) is 3.86. The fraction of sp³-hybridized carbons (Fsp3) is 0.222. The van der Waals surface area contributed by atoms with Gasteiger partial charge in [-0.25, -0.2) is 0 Å². The van der Waals surface area contributed by atoms with Gasteiger partial charge >= 0.3 is 0 Å². The minimum atomic E-state index is -0.604. The van der Waals surface area contributed by atoms with Crippen LogP contribution in [0, 0.1) is 10.1 Å². The van der Waals surface area contributed by atoms with E-state index in [4.69, 9.17) is 4.74 Å². The molecule has 1 aliphatic rings. The van der Waals surface area contributed by atoms with E-state index < -0.39 is 10.8 Å². The molecule has 1 fully saturated rings. The molecule has 2 aromatic rings. The minimum Gasteiger partial charge on any atom is -0.378 e. The molecule has 0 unspecified atom stereocenters. The number of hydrogen-bond acceptors (Lipinski definition) is 5. The Hall–Kier alpha value is -3.26. The molecule has 1 heterocycles. The number of nitrogens with one attached hydrogen (secondary N) is 1. The Balaban J connectivity index is 1.77. The highest BCUT2D eigenvalue weighted by molar-refractivity contribution is 6.07. The van der Waals surface area contributed by atoms with Crippen LogP contribution in [-0.2, 0) is 4.74 Å². The fourth-order valence-electron chi connectivity index (χ4n) is 2.70. The van der Waals surface area contributed by atoms with Gasteiger partial charge in [-0.2, -0.15) is 0 Å². The van der Waals surface area contributed by atoms with Gasteiger partial charge in [0.2, 0.25) is 0 Å². The van der Waals surface area contributed by atoms with Gasteiger partial charge in [-0.3, -0.25) is 19.7 Å². The van der Waals surface area contributed by atoms with E-state index in [1.807, 2.05) is 0 Å². The molecule has 8 heteroatoms. The summed E-state index contributed by atoms with van der Waals surface area (Å²) >= 11 is 0. The summed E-state index contributed by atoms with van der Waals surface area (Å²) in [5, 5.41) is 13.7. The summed E-state index contributed by atoms with van der Waals surface area (Å²) in [6, 6.07) is 12.2. The van der Waals surface area contributed by atoms with Crippen LogP contribution in [0.25, 0.3) is 0 Å². The second kappa shape index (κ2) is 7.75. The molecule has 0 saturated carbocycles. The number of anilines is 1. The second-order valence-corrected chi connectivity index (χ2v) is 5.71. The van der Waals surface area contributed by atoms with Crippen molar-refractivity contribution in [3.05, 3.63) is 69.8 Å². The van der Waals surface area contributed by atoms with Crippen molar-refractivity contribution in [2.75, 3.05) is 31.6 Å². The number of nitro groups is 1. The van der Waals surface area contributed by atoms with Gasteiger partial charge in [-0.05, 0) is 24.3 Å². The summed E-state index contributed by atoms with van der Waals surface area (Å²) in [4.78, 5) is 37.1. The first kappa shape index (κ1) is 17.6. The number of benzene rings is 2. The molecular weight excluding hydrogens is 338 g/mol. The average molecular weight is 355 g/mol. The van der Waals surface area contributed by atoms with Gasteiger partial charge in [0.25, 0.3) is 17.5 Å². The van der Waals surface area contributed by atoms with Crippen LogP contribution in [0.3, 0.4) is 0 Å². The lowest BCUT2D eigenvalue weighted by molar-refractivity contribution is -0.385. The average Bonchev–Trinajstić information content (AvgIpc) is 2.68. The molecule has 8 nitrogen and oxygen atoms in total. The lowest BCUT2D eigenvalue weighted by Crippen LogP contribution is -2.40. The monoisotopic (exact) mass is 355 g/mol. The SMILES string of the molecule is O=C(Nc1cccc(C(=O)N2CCOCC2)c1)c1ccccc1[N+](=O)[O-]. The van der Waals surface area contributed by atoms with Crippen LogP contribution >= 0.6 is 0 Å². The fourth-order valence-corrected chi connectivity index (χ4v) is 2.70. The van der Waals surface area contributed by atoms with Gasteiger partial charge in [0, 0.05) is 30.4 Å². The molecule has 3 rings (SSSR count). The molecule has 0 radical (unpaired) electrons. The van der Waals surface area contributed by atoms with E-state index in [0.717, 1.165) is 0 Å². The number of para-hydroxylation sites is 1. The smallest absolute Gasteiger partial charge is 0.282 e. The summed E-state index contributed by atoms with van der Waals surface area (Å²) in [5.74, 6) is -0.747. The highest BCUT2D eigenvalue weighted by Gasteiger charge is 2.21. The van der Waals surface area contributed by atoms with Crippen molar-refractivity contribution in [3.8, 4) is 0 Å². The first-order valence-corrected chi connectivity index (χ1v) is 8.08. The van der Waals surface area contributed by atoms with Crippen LogP contribution in [0.1, 0.15) is 20.7 Å². The number of nitrogens with zero attached hydrogens (tertiary/aromatic N) is 2. The third-order valence-electron chi connectivity index (χ3n) is 4.01. The number of amides is 2. The van der Waals surface area contributed by atoms with Crippen molar-refractivity contribution in [1.29, 1.82) is 0 Å². The molecule has 134 valence electrons. The van der Waals surface area contributed by atoms with Crippen molar-refractivity contribution in [2.24, 2.45) is 0 Å². The highest BCUT2D eigenvalue weighted by atomic mass is 16.6. The largest absolute Gasteiger partial charge is 0.378 e. The standard InChI is InChI=1S/C18H17N3O5/c22-17(15-6-1-2-7-16(15)21(24)25)19-14-5-3-4-13(12-14)18(23)20-8-10-26-11-9-20/h1-7,12H,8-11H2,(H,19,22). The van der Waals surface area contributed by atoms with Crippen LogP contribution in [0.5, 0.6) is 0 Å². The predicted octanol–water partition coefficient (Wildman–Crippen LogP) is 2.32. The summed E-state index contributed by atoms with van der Waals surface area (Å²) in [7, 11) is 0. The van der Waals surface area contributed by atoms with Crippen LogP contribution in [0.2, 0.25) is 0 Å². The van der Waals surface area contributed by atoms with Crippen molar-refractivity contribution in [2.45, 2.75) is 0 Å². The Labute approximate surface area is 149 Å². The molecular formula is C18H17N3O5. The lowest BCUT2D eigenvalue weighted by atomic mass is 10.1. The van der Waals surface area contributed by atoms with Gasteiger partial charge in [0.05, 0.1) is 18.1 Å². The number of carbonyl (C=O) groups is 2. The van der Waals surface area contributed by atoms with E-state index in [-0.39, 0.29) is 17.2 Å². The summed E-state index contributed by atoms with van der Waals surface area (Å²) in [6.07, 6.45) is 0. The van der Waals surface area contributed by atoms with Gasteiger partial charge in [0.15, 0.2) is 0 Å². The number of carbonyl (C=O) groups excluding carboxylic acids is 2. The quantitative estimate of drug-likeness (QED) is 0.670. The zero-order valence-electron chi connectivity index (χ0n) is 13.9. The minimum absolute atomic E-state index is 0.0394. The van der Waals surface area contributed by atoms with E-state index in [9.17, 15) is 19.7 Å². The van der Waals surface area contributed by atoms with Crippen molar-refractivity contribution in [1.82, 2.24) is 4.90 Å². The summed E-state index contributed by atoms with van der Waals surface area (Å²) in [6.45, 7) is 2.04. The first-order chi connectivity index (χ1) is 12.6. The van der Waals surface area contributed by atoms with E-state index in [2.05, 4.69) is 5.32 Å². The summed E-state index contributed by atoms with van der Waals surface area (Å²) in [5.41, 5.74) is 0.521. The molecule has 2 amide bonds. The normalized spacial score (nSPS) is 13.9. The molecule has 1 N–H and O–H groups in total. The van der Waals surface area contributed by atoms with Crippen molar-refractivity contribution in [3.63, 3.8) is 0 Å². The maximum atomic E-state index is 12.5. The number of rotatable bonds is 4. The van der Waals surface area contributed by atoms with Gasteiger partial charge in [0.1, 0.15) is 5.56 Å². The molecule has 2 aromatic carbocycles. The summed E-state index contributed by atoms with van der Waals surface area (Å²) < 4.78 is 5.24. The number of hydrogen-bond donors (Lipinski definition) is 1. The zero-order chi connectivity index (χ0) is 18.5. The Bertz CT molecular complexity index is 846. The Kier molecular flexibility index (Phi) is 5.23. The molecule has 0 aliphatic carbocycles. The molecule has 1 aliphatic heterocycles. The van der Waals surface area contributed by atoms with Crippen LogP contribution < -0.4 is 5.32 Å². The molecule has 0 spiro atoms. The first-order valence-electron chi connectivity index (χ1n) is 8.08. The van der Waals surface area contributed by atoms with Crippen LogP contribution in [0.4, 0.5) is 11.4 Å². The van der Waals surface area contributed by atoms with E-state index >= 15 is 0 Å². The van der Waals surface area contributed by atoms with E-state index in [1.54, 1.807) is 35.2 Å². The van der Waals surface area contributed by atoms with E-state index in [1.165, 1.54) is 18.2 Å². The van der Waals surface area contributed by atoms with Crippen molar-refractivity contribution < 1.29 is 19.2 Å². The lowest BCUT2D eigenvalue weighted by Gasteiger charge is -2.27. The van der Waals surface area contributed by atoms with Crippen molar-refractivity contribution >= 4 is 23.2 Å². The number of nitro benzene ring substituents is 1. The zero-order valence-corrected chi connectivity index (χ0v) is 13.9. The maximum absolute atomic E-state index is 12.5. The molecule has 0 atom stereocenters. The highest BCUT2D eigenvalue weighted by Crippen LogP contribution is 2.20. The van der Waals surface area contributed by atoms with E-state index in [0.29, 0.717) is 37.6 Å². The Morgan fingerprint density at radius 3 is 2.54 bits per heavy atom. The van der Waals surface area contributed by atoms with Crippen LogP contribution in [-0.4, -0.2) is 47.9 Å². The number of morpholine rings is 1. The molecule has 0 aromatic heterocycles.